The molecule has 0 unspecified atom stereocenters. The van der Waals surface area contributed by atoms with E-state index in [-0.39, 0.29) is 0 Å². The maximum Gasteiger partial charge on any atom is 0.129 e. The van der Waals surface area contributed by atoms with Crippen LogP contribution in [-0.2, 0) is 6.54 Å². The van der Waals surface area contributed by atoms with E-state index in [0.29, 0.717) is 0 Å². The van der Waals surface area contributed by atoms with Crippen molar-refractivity contribution in [2.24, 2.45) is 0 Å². The molecule has 0 aliphatic carbocycles. The van der Waals surface area contributed by atoms with E-state index in [1.807, 2.05) is 10.7 Å². The van der Waals surface area contributed by atoms with Gasteiger partial charge in [0.05, 0.1) is 10.3 Å². The third-order valence-corrected chi connectivity index (χ3v) is 4.55. The Kier molecular flexibility index (Phi) is 3.46. The van der Waals surface area contributed by atoms with E-state index in [1.165, 1.54) is 5.56 Å². The Balaban J connectivity index is 2.27. The van der Waals surface area contributed by atoms with Gasteiger partial charge in [-0.15, -0.1) is 11.3 Å². The summed E-state index contributed by atoms with van der Waals surface area (Å²) in [6.07, 6.45) is 0. The molecule has 0 aromatic carbocycles. The highest BCUT2D eigenvalue weighted by atomic mass is 79.9. The number of aromatic nitrogens is 2. The van der Waals surface area contributed by atoms with Crippen LogP contribution in [0.1, 0.15) is 5.56 Å². The molecule has 0 N–H and O–H groups in total. The van der Waals surface area contributed by atoms with E-state index in [1.54, 1.807) is 11.3 Å². The summed E-state index contributed by atoms with van der Waals surface area (Å²) >= 11 is 12.0. The lowest BCUT2D eigenvalue weighted by Gasteiger charge is -2.01. The summed E-state index contributed by atoms with van der Waals surface area (Å²) in [6, 6.07) is 4.02. The van der Waals surface area contributed by atoms with Crippen molar-refractivity contribution in [3.63, 3.8) is 0 Å². The number of hydrogen-bond acceptors (Lipinski definition) is 2. The van der Waals surface area contributed by atoms with Crippen molar-refractivity contribution in [3.05, 3.63) is 36.1 Å². The first kappa shape index (κ1) is 10.9. The molecule has 2 rings (SSSR count). The van der Waals surface area contributed by atoms with Crippen molar-refractivity contribution >= 4 is 59.1 Å². The fourth-order valence-corrected chi connectivity index (χ4v) is 3.42. The molecule has 0 saturated heterocycles. The second-order valence-electron chi connectivity index (χ2n) is 2.67. The van der Waals surface area contributed by atoms with E-state index in [0.717, 1.165) is 19.5 Å². The Bertz CT molecular complexity index is 449. The van der Waals surface area contributed by atoms with Crippen molar-refractivity contribution in [1.82, 2.24) is 9.78 Å². The van der Waals surface area contributed by atoms with E-state index >= 15 is 0 Å². The largest absolute Gasteiger partial charge is 0.253 e. The summed E-state index contributed by atoms with van der Waals surface area (Å²) in [5.41, 5.74) is 1.24. The lowest BCUT2D eigenvalue weighted by molar-refractivity contribution is 0.667. The SMILES string of the molecule is Brc1cc(Br)n(Cc2ccsc2Br)n1. The molecular weight excluding hydrogens is 396 g/mol. The molecule has 2 heterocycles. The third-order valence-electron chi connectivity index (χ3n) is 1.71. The van der Waals surface area contributed by atoms with Crippen LogP contribution in [-0.4, -0.2) is 9.78 Å². The molecule has 0 amide bonds. The van der Waals surface area contributed by atoms with Crippen molar-refractivity contribution in [1.29, 1.82) is 0 Å². The zero-order valence-corrected chi connectivity index (χ0v) is 12.5. The van der Waals surface area contributed by atoms with Crippen LogP contribution in [0.15, 0.2) is 30.5 Å². The summed E-state index contributed by atoms with van der Waals surface area (Å²) in [7, 11) is 0. The molecule has 0 aliphatic heterocycles. The molecule has 0 bridgehead atoms. The van der Waals surface area contributed by atoms with Gasteiger partial charge in [-0.3, -0.25) is 4.68 Å². The molecule has 0 saturated carbocycles. The average Bonchev–Trinajstić information content (AvgIpc) is 2.62. The molecule has 0 atom stereocenters. The topological polar surface area (TPSA) is 17.8 Å². The highest BCUT2D eigenvalue weighted by Gasteiger charge is 2.06. The van der Waals surface area contributed by atoms with E-state index in [9.17, 15) is 0 Å². The molecule has 0 spiro atoms. The molecule has 0 fully saturated rings. The minimum atomic E-state index is 0.774. The predicted molar refractivity (Wildman–Crippen MR) is 68.7 cm³/mol. The second kappa shape index (κ2) is 4.47. The smallest absolute Gasteiger partial charge is 0.129 e. The highest BCUT2D eigenvalue weighted by molar-refractivity contribution is 9.11. The van der Waals surface area contributed by atoms with Crippen LogP contribution in [0.4, 0.5) is 0 Å². The fraction of sp³-hybridized carbons (Fsp3) is 0.125. The lowest BCUT2D eigenvalue weighted by Crippen LogP contribution is -2.01. The lowest BCUT2D eigenvalue weighted by atomic mass is 10.3. The van der Waals surface area contributed by atoms with Crippen LogP contribution in [0, 0.1) is 0 Å². The van der Waals surface area contributed by atoms with Gasteiger partial charge in [-0.1, -0.05) is 0 Å². The zero-order chi connectivity index (χ0) is 10.1. The Morgan fingerprint density at radius 1 is 1.36 bits per heavy atom. The van der Waals surface area contributed by atoms with Crippen LogP contribution in [0.3, 0.4) is 0 Å². The molecule has 0 radical (unpaired) electrons. The maximum absolute atomic E-state index is 4.30. The summed E-state index contributed by atoms with van der Waals surface area (Å²) in [5.74, 6) is 0. The molecule has 2 aromatic rings. The Labute approximate surface area is 111 Å². The Hall–Kier alpha value is 0.350. The van der Waals surface area contributed by atoms with Crippen LogP contribution in [0.5, 0.6) is 0 Å². The van der Waals surface area contributed by atoms with Gasteiger partial charge in [0, 0.05) is 6.07 Å². The van der Waals surface area contributed by atoms with Gasteiger partial charge in [-0.25, -0.2) is 0 Å². The van der Waals surface area contributed by atoms with Gasteiger partial charge in [-0.05, 0) is 64.8 Å². The molecular formula is C8H5Br3N2S. The van der Waals surface area contributed by atoms with Gasteiger partial charge in [-0.2, -0.15) is 5.10 Å². The summed E-state index contributed by atoms with van der Waals surface area (Å²) in [4.78, 5) is 0. The van der Waals surface area contributed by atoms with E-state index in [4.69, 9.17) is 0 Å². The van der Waals surface area contributed by atoms with Crippen molar-refractivity contribution in [2.45, 2.75) is 6.54 Å². The minimum Gasteiger partial charge on any atom is -0.253 e. The van der Waals surface area contributed by atoms with Gasteiger partial charge in [0.2, 0.25) is 0 Å². The fourth-order valence-electron chi connectivity index (χ4n) is 1.07. The summed E-state index contributed by atoms with van der Waals surface area (Å²) < 4.78 is 4.88. The number of nitrogens with zero attached hydrogens (tertiary/aromatic N) is 2. The number of halogens is 3. The molecule has 2 aromatic heterocycles. The van der Waals surface area contributed by atoms with Crippen LogP contribution >= 0.6 is 59.1 Å². The van der Waals surface area contributed by atoms with E-state index < -0.39 is 0 Å². The zero-order valence-electron chi connectivity index (χ0n) is 6.88. The second-order valence-corrected chi connectivity index (χ2v) is 6.53. The number of rotatable bonds is 2. The van der Waals surface area contributed by atoms with Crippen LogP contribution < -0.4 is 0 Å². The van der Waals surface area contributed by atoms with Gasteiger partial charge in [0.1, 0.15) is 9.21 Å². The molecule has 6 heteroatoms. The number of thiophene rings is 1. The number of hydrogen-bond donors (Lipinski definition) is 0. The Morgan fingerprint density at radius 2 is 2.14 bits per heavy atom. The van der Waals surface area contributed by atoms with Crippen LogP contribution in [0.2, 0.25) is 0 Å². The molecule has 2 nitrogen and oxygen atoms in total. The average molecular weight is 401 g/mol. The maximum atomic E-state index is 4.30. The van der Waals surface area contributed by atoms with Crippen LogP contribution in [0.25, 0.3) is 0 Å². The van der Waals surface area contributed by atoms with E-state index in [2.05, 4.69) is 64.3 Å². The summed E-state index contributed by atoms with van der Waals surface area (Å²) in [6.45, 7) is 0.774. The van der Waals surface area contributed by atoms with Gasteiger partial charge in [0.15, 0.2) is 0 Å². The molecule has 0 aliphatic rings. The monoisotopic (exact) mass is 398 g/mol. The molecule has 14 heavy (non-hydrogen) atoms. The summed E-state index contributed by atoms with van der Waals surface area (Å²) in [5, 5.41) is 6.36. The van der Waals surface area contributed by atoms with Crippen molar-refractivity contribution < 1.29 is 0 Å². The molecule has 74 valence electrons. The Morgan fingerprint density at radius 3 is 2.64 bits per heavy atom. The normalized spacial score (nSPS) is 10.8. The quantitative estimate of drug-likeness (QED) is 0.735. The van der Waals surface area contributed by atoms with Gasteiger partial charge >= 0.3 is 0 Å². The van der Waals surface area contributed by atoms with Crippen molar-refractivity contribution in [2.75, 3.05) is 0 Å². The standard InChI is InChI=1S/C8H5Br3N2S/c9-6-3-7(10)13(12-6)4-5-1-2-14-8(5)11/h1-3H,4H2. The van der Waals surface area contributed by atoms with Crippen molar-refractivity contribution in [3.8, 4) is 0 Å². The van der Waals surface area contributed by atoms with Gasteiger partial charge in [0.25, 0.3) is 0 Å². The third kappa shape index (κ3) is 2.29. The first-order valence-electron chi connectivity index (χ1n) is 3.77. The predicted octanol–water partition coefficient (Wildman–Crippen LogP) is 4.28. The minimum absolute atomic E-state index is 0.774. The first-order valence-corrected chi connectivity index (χ1v) is 7.03. The highest BCUT2D eigenvalue weighted by Crippen LogP contribution is 2.25. The first-order chi connectivity index (χ1) is 6.66. The van der Waals surface area contributed by atoms with Gasteiger partial charge < -0.3 is 0 Å².